The van der Waals surface area contributed by atoms with Crippen molar-refractivity contribution in [3.8, 4) is 11.8 Å². The van der Waals surface area contributed by atoms with E-state index < -0.39 is 11.0 Å². The van der Waals surface area contributed by atoms with E-state index in [0.29, 0.717) is 12.1 Å². The number of aromatic nitrogens is 3. The molecular weight excluding hydrogens is 262 g/mol. The van der Waals surface area contributed by atoms with E-state index in [1.165, 1.54) is 29.1 Å². The Hall–Kier alpha value is -2.79. The second-order valence-corrected chi connectivity index (χ2v) is 4.08. The van der Waals surface area contributed by atoms with E-state index in [4.69, 9.17) is 5.26 Å². The smallest absolute Gasteiger partial charge is 0.296 e. The first-order chi connectivity index (χ1) is 9.56. The lowest BCUT2D eigenvalue weighted by atomic mass is 10.2. The normalized spacial score (nSPS) is 11.8. The molecule has 0 aliphatic heterocycles. The number of hydrogen-bond donors (Lipinski definition) is 1. The number of aliphatic hydroxyl groups excluding tert-OH is 1. The van der Waals surface area contributed by atoms with E-state index in [1.807, 2.05) is 6.07 Å². The van der Waals surface area contributed by atoms with Gasteiger partial charge >= 0.3 is 0 Å². The van der Waals surface area contributed by atoms with E-state index in [9.17, 15) is 15.2 Å². The summed E-state index contributed by atoms with van der Waals surface area (Å²) in [7, 11) is 0. The van der Waals surface area contributed by atoms with Gasteiger partial charge in [-0.25, -0.2) is 4.68 Å². The van der Waals surface area contributed by atoms with Gasteiger partial charge in [0.05, 0.1) is 28.9 Å². The van der Waals surface area contributed by atoms with E-state index in [1.54, 1.807) is 6.92 Å². The summed E-state index contributed by atoms with van der Waals surface area (Å²) < 4.78 is 1.22. The molecule has 1 aromatic heterocycles. The Kier molecular flexibility index (Phi) is 3.72. The maximum atomic E-state index is 11.0. The molecule has 0 saturated carbocycles. The van der Waals surface area contributed by atoms with Crippen molar-refractivity contribution in [3.05, 3.63) is 45.8 Å². The molecule has 1 unspecified atom stereocenters. The average Bonchev–Trinajstić information content (AvgIpc) is 2.95. The molecule has 2 rings (SSSR count). The summed E-state index contributed by atoms with van der Waals surface area (Å²) in [5.41, 5.74) is 0.475. The van der Waals surface area contributed by atoms with Crippen LogP contribution < -0.4 is 0 Å². The third-order valence-electron chi connectivity index (χ3n) is 2.79. The summed E-state index contributed by atoms with van der Waals surface area (Å²) >= 11 is 0. The number of nitriles is 1. The first-order valence-electron chi connectivity index (χ1n) is 5.86. The van der Waals surface area contributed by atoms with Crippen LogP contribution in [0.1, 0.15) is 30.7 Å². The number of aliphatic hydroxyl groups is 1. The van der Waals surface area contributed by atoms with Crippen LogP contribution in [-0.4, -0.2) is 25.0 Å². The first-order valence-corrected chi connectivity index (χ1v) is 5.86. The molecule has 0 bridgehead atoms. The van der Waals surface area contributed by atoms with Crippen LogP contribution >= 0.6 is 0 Å². The van der Waals surface area contributed by atoms with Gasteiger partial charge < -0.3 is 5.11 Å². The molecule has 2 aromatic rings. The lowest BCUT2D eigenvalue weighted by Crippen LogP contribution is -2.01. The van der Waals surface area contributed by atoms with E-state index >= 15 is 0 Å². The molecule has 0 spiro atoms. The molecule has 0 radical (unpaired) electrons. The Morgan fingerprint density at radius 3 is 2.95 bits per heavy atom. The number of nitrogens with zero attached hydrogens (tertiary/aromatic N) is 5. The zero-order valence-corrected chi connectivity index (χ0v) is 10.6. The quantitative estimate of drug-likeness (QED) is 0.666. The van der Waals surface area contributed by atoms with Crippen molar-refractivity contribution < 1.29 is 10.0 Å². The second kappa shape index (κ2) is 5.46. The lowest BCUT2D eigenvalue weighted by molar-refractivity contribution is -0.384. The molecule has 8 nitrogen and oxygen atoms in total. The third-order valence-corrected chi connectivity index (χ3v) is 2.79. The molecule has 0 amide bonds. The molecule has 1 N–H and O–H groups in total. The molecule has 8 heteroatoms. The largest absolute Gasteiger partial charge is 0.387 e. The standard InChI is InChI=1S/C12H11N5O3/c1-2-12(18)9-7-16(15-14-9)10-4-3-8(6-13)5-11(10)17(19)20/h3-5,7,12,18H,2H2,1H3. The molecule has 0 aliphatic rings. The van der Waals surface area contributed by atoms with E-state index in [0.717, 1.165) is 0 Å². The maximum absolute atomic E-state index is 11.0. The fraction of sp³-hybridized carbons (Fsp3) is 0.250. The fourth-order valence-corrected chi connectivity index (χ4v) is 1.69. The summed E-state index contributed by atoms with van der Waals surface area (Å²) in [5.74, 6) is 0. The van der Waals surface area contributed by atoms with Gasteiger partial charge in [-0.15, -0.1) is 5.10 Å². The molecular formula is C12H11N5O3. The molecule has 1 aromatic carbocycles. The molecule has 1 heterocycles. The number of benzene rings is 1. The van der Waals surface area contributed by atoms with Gasteiger partial charge in [0.1, 0.15) is 11.4 Å². The van der Waals surface area contributed by atoms with Crippen LogP contribution in [0.3, 0.4) is 0 Å². The number of hydrogen-bond acceptors (Lipinski definition) is 6. The highest BCUT2D eigenvalue weighted by Gasteiger charge is 2.19. The highest BCUT2D eigenvalue weighted by Crippen LogP contribution is 2.24. The van der Waals surface area contributed by atoms with Gasteiger partial charge in [-0.1, -0.05) is 12.1 Å². The SMILES string of the molecule is CCC(O)c1cn(-c2ccc(C#N)cc2[N+](=O)[O-])nn1. The minimum atomic E-state index is -0.763. The summed E-state index contributed by atoms with van der Waals surface area (Å²) in [6.45, 7) is 1.79. The van der Waals surface area contributed by atoms with Gasteiger partial charge in [0, 0.05) is 6.07 Å². The molecule has 20 heavy (non-hydrogen) atoms. The summed E-state index contributed by atoms with van der Waals surface area (Å²) in [6.07, 6.45) is 1.14. The highest BCUT2D eigenvalue weighted by molar-refractivity contribution is 5.55. The van der Waals surface area contributed by atoms with Crippen molar-refractivity contribution in [2.75, 3.05) is 0 Å². The number of rotatable bonds is 4. The number of nitro groups is 1. The Morgan fingerprint density at radius 2 is 2.35 bits per heavy atom. The van der Waals surface area contributed by atoms with Crippen molar-refractivity contribution in [2.24, 2.45) is 0 Å². The van der Waals surface area contributed by atoms with Gasteiger partial charge in [0.25, 0.3) is 5.69 Å². The third kappa shape index (κ3) is 2.48. The van der Waals surface area contributed by atoms with Gasteiger partial charge in [0.15, 0.2) is 0 Å². The van der Waals surface area contributed by atoms with Crippen molar-refractivity contribution >= 4 is 5.69 Å². The van der Waals surface area contributed by atoms with Crippen LogP contribution in [0.2, 0.25) is 0 Å². The van der Waals surface area contributed by atoms with E-state index in [2.05, 4.69) is 10.3 Å². The van der Waals surface area contributed by atoms with Crippen molar-refractivity contribution in [1.29, 1.82) is 5.26 Å². The van der Waals surface area contributed by atoms with Gasteiger partial charge in [-0.3, -0.25) is 10.1 Å². The molecule has 0 fully saturated rings. The Bertz CT molecular complexity index is 689. The minimum absolute atomic E-state index is 0.189. The van der Waals surface area contributed by atoms with Gasteiger partial charge in [-0.05, 0) is 18.6 Å². The Labute approximate surface area is 114 Å². The van der Waals surface area contributed by atoms with Crippen LogP contribution in [-0.2, 0) is 0 Å². The maximum Gasteiger partial charge on any atom is 0.296 e. The molecule has 1 atom stereocenters. The second-order valence-electron chi connectivity index (χ2n) is 4.08. The van der Waals surface area contributed by atoms with Crippen LogP contribution in [0.25, 0.3) is 5.69 Å². The fourth-order valence-electron chi connectivity index (χ4n) is 1.69. The number of nitro benzene ring substituents is 1. The van der Waals surface area contributed by atoms with Crippen LogP contribution in [0.15, 0.2) is 24.4 Å². The predicted octanol–water partition coefficient (Wildman–Crippen LogP) is 1.49. The van der Waals surface area contributed by atoms with Crippen LogP contribution in [0, 0.1) is 21.4 Å². The van der Waals surface area contributed by atoms with Crippen molar-refractivity contribution in [1.82, 2.24) is 15.0 Å². The topological polar surface area (TPSA) is 118 Å². The zero-order chi connectivity index (χ0) is 14.7. The highest BCUT2D eigenvalue weighted by atomic mass is 16.6. The minimum Gasteiger partial charge on any atom is -0.387 e. The van der Waals surface area contributed by atoms with Gasteiger partial charge in [0.2, 0.25) is 0 Å². The Morgan fingerprint density at radius 1 is 1.60 bits per heavy atom. The van der Waals surface area contributed by atoms with Crippen LogP contribution in [0.4, 0.5) is 5.69 Å². The lowest BCUT2D eigenvalue weighted by Gasteiger charge is -2.03. The molecule has 0 saturated heterocycles. The average molecular weight is 273 g/mol. The first kappa shape index (κ1) is 13.6. The summed E-state index contributed by atoms with van der Waals surface area (Å²) in [4.78, 5) is 10.5. The Balaban J connectivity index is 2.50. The predicted molar refractivity (Wildman–Crippen MR) is 68.0 cm³/mol. The monoisotopic (exact) mass is 273 g/mol. The van der Waals surface area contributed by atoms with Crippen molar-refractivity contribution in [3.63, 3.8) is 0 Å². The molecule has 102 valence electrons. The van der Waals surface area contributed by atoms with E-state index in [-0.39, 0.29) is 16.9 Å². The summed E-state index contributed by atoms with van der Waals surface area (Å²) in [6, 6.07) is 5.90. The van der Waals surface area contributed by atoms with Crippen molar-refractivity contribution in [2.45, 2.75) is 19.4 Å². The van der Waals surface area contributed by atoms with Gasteiger partial charge in [-0.2, -0.15) is 5.26 Å². The molecule has 0 aliphatic carbocycles. The summed E-state index contributed by atoms with van der Waals surface area (Å²) in [5, 5.41) is 37.0. The zero-order valence-electron chi connectivity index (χ0n) is 10.6. The van der Waals surface area contributed by atoms with Crippen LogP contribution in [0.5, 0.6) is 0 Å².